The predicted octanol–water partition coefficient (Wildman–Crippen LogP) is 5.79. The third kappa shape index (κ3) is 3.24. The number of rotatable bonds is 2. The van der Waals surface area contributed by atoms with E-state index in [2.05, 4.69) is 4.98 Å². The van der Waals surface area contributed by atoms with Crippen LogP contribution in [-0.4, -0.2) is 11.2 Å². The first-order valence-corrected chi connectivity index (χ1v) is 8.43. The molecule has 2 aromatic carbocycles. The van der Waals surface area contributed by atoms with Crippen LogP contribution in [0.25, 0.3) is 22.2 Å². The van der Waals surface area contributed by atoms with Gasteiger partial charge in [-0.3, -0.25) is 4.79 Å². The van der Waals surface area contributed by atoms with E-state index in [4.69, 9.17) is 0 Å². The maximum atomic E-state index is 13.4. The smallest absolute Gasteiger partial charge is 0.354 e. The minimum Gasteiger partial charge on any atom is -0.354 e. The maximum absolute atomic E-state index is 13.4. The lowest BCUT2D eigenvalue weighted by Gasteiger charge is -2.30. The highest BCUT2D eigenvalue weighted by Gasteiger charge is 2.49. The molecular weight excluding hydrogens is 358 g/mol. The Morgan fingerprint density at radius 3 is 2.22 bits per heavy atom. The maximum Gasteiger partial charge on any atom is 0.397 e. The second kappa shape index (κ2) is 6.22. The molecule has 1 N–H and O–H groups in total. The number of pyridine rings is 1. The molecule has 0 saturated carbocycles. The number of aromatic nitrogens is 1. The molecule has 1 aromatic heterocycles. The summed E-state index contributed by atoms with van der Waals surface area (Å²) in [6.45, 7) is 5.64. The SMILES string of the molecule is Cc1cc(C(C)(C)C(F)(F)F)c(C)cc1-c1cc(=O)c2cc(F)ccc2[nH]1. The van der Waals surface area contributed by atoms with Gasteiger partial charge in [0.2, 0.25) is 0 Å². The summed E-state index contributed by atoms with van der Waals surface area (Å²) in [6.07, 6.45) is -4.38. The van der Waals surface area contributed by atoms with E-state index in [0.29, 0.717) is 27.9 Å². The van der Waals surface area contributed by atoms with Crippen LogP contribution in [0, 0.1) is 19.7 Å². The first-order valence-electron chi connectivity index (χ1n) is 8.43. The van der Waals surface area contributed by atoms with Crippen molar-refractivity contribution < 1.29 is 17.6 Å². The first-order chi connectivity index (χ1) is 12.4. The number of hydrogen-bond donors (Lipinski definition) is 1. The van der Waals surface area contributed by atoms with Crippen molar-refractivity contribution in [1.29, 1.82) is 0 Å². The van der Waals surface area contributed by atoms with Crippen molar-refractivity contribution in [2.75, 3.05) is 0 Å². The first kappa shape index (κ1) is 19.1. The zero-order chi connectivity index (χ0) is 20.1. The lowest BCUT2D eigenvalue weighted by Crippen LogP contribution is -2.37. The Morgan fingerprint density at radius 2 is 1.59 bits per heavy atom. The quantitative estimate of drug-likeness (QED) is 0.563. The number of hydrogen-bond acceptors (Lipinski definition) is 1. The normalized spacial score (nSPS) is 12.6. The van der Waals surface area contributed by atoms with Crippen LogP contribution < -0.4 is 5.43 Å². The number of aromatic amines is 1. The lowest BCUT2D eigenvalue weighted by atomic mass is 9.79. The van der Waals surface area contributed by atoms with Gasteiger partial charge in [-0.15, -0.1) is 0 Å². The Kier molecular flexibility index (Phi) is 4.41. The van der Waals surface area contributed by atoms with Crippen LogP contribution in [0.2, 0.25) is 0 Å². The highest BCUT2D eigenvalue weighted by molar-refractivity contribution is 5.82. The Balaban J connectivity index is 2.20. The molecule has 0 atom stereocenters. The number of benzene rings is 2. The van der Waals surface area contributed by atoms with E-state index in [0.717, 1.165) is 19.9 Å². The summed E-state index contributed by atoms with van der Waals surface area (Å²) >= 11 is 0. The molecule has 0 spiro atoms. The zero-order valence-electron chi connectivity index (χ0n) is 15.4. The van der Waals surface area contributed by atoms with E-state index >= 15 is 0 Å². The fraction of sp³-hybridized carbons (Fsp3) is 0.286. The molecule has 6 heteroatoms. The van der Waals surface area contributed by atoms with Gasteiger partial charge in [0.1, 0.15) is 5.82 Å². The Morgan fingerprint density at radius 1 is 0.926 bits per heavy atom. The largest absolute Gasteiger partial charge is 0.397 e. The van der Waals surface area contributed by atoms with Gasteiger partial charge in [0.25, 0.3) is 0 Å². The number of nitrogens with one attached hydrogen (secondary N) is 1. The molecule has 1 heterocycles. The van der Waals surface area contributed by atoms with E-state index in [-0.39, 0.29) is 16.4 Å². The fourth-order valence-electron chi connectivity index (χ4n) is 3.30. The van der Waals surface area contributed by atoms with E-state index in [1.807, 2.05) is 0 Å². The van der Waals surface area contributed by atoms with Gasteiger partial charge in [0.15, 0.2) is 5.43 Å². The standard InChI is InChI=1S/C21H19F4NO/c1-11-8-16(20(3,4)21(23,24)25)12(2)7-14(11)18-10-19(27)15-9-13(22)5-6-17(15)26-18/h5-10H,1-4H3,(H,26,27). The summed E-state index contributed by atoms with van der Waals surface area (Å²) in [7, 11) is 0. The molecule has 2 nitrogen and oxygen atoms in total. The highest BCUT2D eigenvalue weighted by atomic mass is 19.4. The second-order valence-corrected chi connectivity index (χ2v) is 7.34. The van der Waals surface area contributed by atoms with Gasteiger partial charge in [0.05, 0.1) is 5.41 Å². The Hall–Kier alpha value is -2.63. The van der Waals surface area contributed by atoms with Crippen molar-refractivity contribution in [3.05, 3.63) is 69.1 Å². The minimum atomic E-state index is -4.38. The van der Waals surface area contributed by atoms with Gasteiger partial charge in [-0.05, 0) is 68.7 Å². The molecule has 27 heavy (non-hydrogen) atoms. The van der Waals surface area contributed by atoms with Crippen molar-refractivity contribution in [2.24, 2.45) is 0 Å². The Labute approximate surface area is 153 Å². The predicted molar refractivity (Wildman–Crippen MR) is 98.5 cm³/mol. The monoisotopic (exact) mass is 377 g/mol. The zero-order valence-corrected chi connectivity index (χ0v) is 15.4. The molecule has 0 aliphatic heterocycles. The van der Waals surface area contributed by atoms with Crippen LogP contribution in [0.4, 0.5) is 17.6 Å². The second-order valence-electron chi connectivity index (χ2n) is 7.34. The van der Waals surface area contributed by atoms with Crippen molar-refractivity contribution in [3.63, 3.8) is 0 Å². The lowest BCUT2D eigenvalue weighted by molar-refractivity contribution is -0.180. The van der Waals surface area contributed by atoms with E-state index < -0.39 is 17.4 Å². The molecule has 142 valence electrons. The molecule has 0 radical (unpaired) electrons. The van der Waals surface area contributed by atoms with Crippen LogP contribution >= 0.6 is 0 Å². The number of aryl methyl sites for hydroxylation is 2. The van der Waals surface area contributed by atoms with Gasteiger partial charge in [0, 0.05) is 28.2 Å². The molecule has 0 aliphatic rings. The molecule has 3 rings (SSSR count). The average molecular weight is 377 g/mol. The number of halogens is 4. The summed E-state index contributed by atoms with van der Waals surface area (Å²) in [4.78, 5) is 15.4. The molecule has 0 saturated heterocycles. The minimum absolute atomic E-state index is 0.196. The average Bonchev–Trinajstić information content (AvgIpc) is 2.56. The van der Waals surface area contributed by atoms with Crippen LogP contribution in [0.5, 0.6) is 0 Å². The summed E-state index contributed by atoms with van der Waals surface area (Å²) in [6, 6.07) is 8.39. The number of H-pyrrole nitrogens is 1. The topological polar surface area (TPSA) is 32.9 Å². The molecule has 3 aromatic rings. The molecular formula is C21H19F4NO. The van der Waals surface area contributed by atoms with E-state index in [9.17, 15) is 22.4 Å². The molecule has 0 fully saturated rings. The highest BCUT2D eigenvalue weighted by Crippen LogP contribution is 2.43. The van der Waals surface area contributed by atoms with Crippen molar-refractivity contribution in [2.45, 2.75) is 39.3 Å². The van der Waals surface area contributed by atoms with Crippen molar-refractivity contribution in [1.82, 2.24) is 4.98 Å². The van der Waals surface area contributed by atoms with Gasteiger partial charge in [-0.1, -0.05) is 6.07 Å². The summed E-state index contributed by atoms with van der Waals surface area (Å²) in [5, 5.41) is 0.225. The van der Waals surface area contributed by atoms with E-state index in [1.54, 1.807) is 19.9 Å². The van der Waals surface area contributed by atoms with Crippen LogP contribution in [-0.2, 0) is 5.41 Å². The summed E-state index contributed by atoms with van der Waals surface area (Å²) in [5.74, 6) is -0.508. The van der Waals surface area contributed by atoms with Crippen LogP contribution in [0.15, 0.2) is 41.2 Å². The van der Waals surface area contributed by atoms with Gasteiger partial charge in [-0.25, -0.2) is 4.39 Å². The summed E-state index contributed by atoms with van der Waals surface area (Å²) < 4.78 is 53.7. The summed E-state index contributed by atoms with van der Waals surface area (Å²) in [5.41, 5.74) is 0.540. The Bertz CT molecular complexity index is 1090. The van der Waals surface area contributed by atoms with Gasteiger partial charge >= 0.3 is 6.18 Å². The van der Waals surface area contributed by atoms with Crippen molar-refractivity contribution >= 4 is 10.9 Å². The van der Waals surface area contributed by atoms with Crippen molar-refractivity contribution in [3.8, 4) is 11.3 Å². The third-order valence-electron chi connectivity index (χ3n) is 5.04. The molecule has 0 amide bonds. The van der Waals surface area contributed by atoms with Crippen LogP contribution in [0.1, 0.15) is 30.5 Å². The van der Waals surface area contributed by atoms with Crippen LogP contribution in [0.3, 0.4) is 0 Å². The van der Waals surface area contributed by atoms with Gasteiger partial charge < -0.3 is 4.98 Å². The van der Waals surface area contributed by atoms with E-state index in [1.165, 1.54) is 24.3 Å². The molecule has 0 aliphatic carbocycles. The van der Waals surface area contributed by atoms with Gasteiger partial charge in [-0.2, -0.15) is 13.2 Å². The number of alkyl halides is 3. The third-order valence-corrected chi connectivity index (χ3v) is 5.04. The molecule has 0 unspecified atom stereocenters. The number of fused-ring (bicyclic) bond motifs is 1. The fourth-order valence-corrected chi connectivity index (χ4v) is 3.30. The molecule has 0 bridgehead atoms.